The van der Waals surface area contributed by atoms with E-state index in [-0.39, 0.29) is 37.4 Å². The van der Waals surface area contributed by atoms with Crippen LogP contribution in [0.2, 0.25) is 0 Å². The van der Waals surface area contributed by atoms with E-state index in [9.17, 15) is 33.6 Å². The SMILES string of the molecule is CC.CC(C)(C)C(=O)OCc1ccc(NC(=O)CNC(=O)C(CC(=O)O)NC(=O)CCCCCN2C(=O)C=CC2=O)cc1. The second kappa shape index (κ2) is 18.1. The number of carboxylic acids is 1. The fourth-order valence-corrected chi connectivity index (χ4v) is 3.58. The molecule has 0 radical (unpaired) electrons. The molecule has 1 aromatic rings. The standard InChI is InChI=1S/C28H36N4O9.C2H6/c1-28(2,3)27(40)41-17-18-8-10-19(11-9-18)30-22(34)16-29-26(39)20(15-25(37)38)31-21(33)7-5-4-6-14-32-23(35)12-13-24(32)36;1-2/h8-13,20H,4-7,14-17H2,1-3H3,(H,29,39)(H,30,34)(H,31,33)(H,37,38);1-2H3. The Hall–Kier alpha value is -4.55. The molecule has 0 saturated carbocycles. The van der Waals surface area contributed by atoms with Crippen LogP contribution in [0.5, 0.6) is 0 Å². The van der Waals surface area contributed by atoms with Gasteiger partial charge in [-0.3, -0.25) is 38.5 Å². The number of unbranched alkanes of at least 4 members (excludes halogenated alkanes) is 2. The van der Waals surface area contributed by atoms with Crippen molar-refractivity contribution in [3.05, 3.63) is 42.0 Å². The van der Waals surface area contributed by atoms with Gasteiger partial charge in [0.05, 0.1) is 18.4 Å². The molecule has 0 aliphatic carbocycles. The highest BCUT2D eigenvalue weighted by Crippen LogP contribution is 2.17. The molecule has 2 rings (SSSR count). The Morgan fingerprint density at radius 3 is 2.07 bits per heavy atom. The molecule has 1 heterocycles. The molecule has 0 saturated heterocycles. The molecule has 0 aromatic heterocycles. The maximum absolute atomic E-state index is 12.5. The number of carbonyl (C=O) groups excluding carboxylic acids is 6. The molecular weight excluding hydrogens is 560 g/mol. The number of amides is 5. The van der Waals surface area contributed by atoms with Gasteiger partial charge in [-0.25, -0.2) is 0 Å². The van der Waals surface area contributed by atoms with Crippen LogP contribution in [-0.2, 0) is 44.9 Å². The molecule has 1 aromatic carbocycles. The minimum atomic E-state index is -1.38. The Bertz CT molecular complexity index is 1170. The van der Waals surface area contributed by atoms with E-state index in [1.54, 1.807) is 45.0 Å². The quantitative estimate of drug-likeness (QED) is 0.133. The smallest absolute Gasteiger partial charge is 0.311 e. The van der Waals surface area contributed by atoms with E-state index in [1.165, 1.54) is 12.2 Å². The van der Waals surface area contributed by atoms with Gasteiger partial charge < -0.3 is 25.8 Å². The number of nitrogens with one attached hydrogen (secondary N) is 3. The lowest BCUT2D eigenvalue weighted by Crippen LogP contribution is -2.49. The highest BCUT2D eigenvalue weighted by Gasteiger charge is 2.25. The number of anilines is 1. The minimum absolute atomic E-state index is 0.00935. The highest BCUT2D eigenvalue weighted by atomic mass is 16.5. The number of nitrogens with zero attached hydrogens (tertiary/aromatic N) is 1. The zero-order chi connectivity index (χ0) is 32.6. The monoisotopic (exact) mass is 602 g/mol. The lowest BCUT2D eigenvalue weighted by molar-refractivity contribution is -0.154. The van der Waals surface area contributed by atoms with Gasteiger partial charge in [0.15, 0.2) is 0 Å². The van der Waals surface area contributed by atoms with Gasteiger partial charge in [-0.05, 0) is 51.3 Å². The molecule has 0 bridgehead atoms. The van der Waals surface area contributed by atoms with Crippen LogP contribution in [0, 0.1) is 5.41 Å². The van der Waals surface area contributed by atoms with Crippen molar-refractivity contribution >= 4 is 47.2 Å². The zero-order valence-corrected chi connectivity index (χ0v) is 25.4. The fourth-order valence-electron chi connectivity index (χ4n) is 3.58. The van der Waals surface area contributed by atoms with E-state index >= 15 is 0 Å². The van der Waals surface area contributed by atoms with Crippen molar-refractivity contribution in [2.24, 2.45) is 5.41 Å². The normalized spacial score (nSPS) is 13.0. The summed E-state index contributed by atoms with van der Waals surface area (Å²) in [5.74, 6) is -4.35. The Morgan fingerprint density at radius 1 is 0.907 bits per heavy atom. The van der Waals surface area contributed by atoms with Crippen LogP contribution >= 0.6 is 0 Å². The second-order valence-corrected chi connectivity index (χ2v) is 10.5. The van der Waals surface area contributed by atoms with Crippen LogP contribution in [-0.4, -0.2) is 70.6 Å². The maximum atomic E-state index is 12.5. The van der Waals surface area contributed by atoms with E-state index in [0.717, 1.165) is 10.5 Å². The van der Waals surface area contributed by atoms with Gasteiger partial charge in [0.25, 0.3) is 11.8 Å². The number of rotatable bonds is 15. The van der Waals surface area contributed by atoms with Gasteiger partial charge in [0.1, 0.15) is 12.6 Å². The summed E-state index contributed by atoms with van der Waals surface area (Å²) in [6.45, 7) is 9.10. The number of hydrogen-bond donors (Lipinski definition) is 4. The molecule has 0 fully saturated rings. The molecule has 4 N–H and O–H groups in total. The first-order chi connectivity index (χ1) is 20.3. The summed E-state index contributed by atoms with van der Waals surface area (Å²) >= 11 is 0. The lowest BCUT2D eigenvalue weighted by atomic mass is 9.97. The Kier molecular flexibility index (Phi) is 15.3. The first-order valence-electron chi connectivity index (χ1n) is 14.1. The lowest BCUT2D eigenvalue weighted by Gasteiger charge is -2.17. The molecule has 1 atom stereocenters. The van der Waals surface area contributed by atoms with Crippen molar-refractivity contribution in [3.8, 4) is 0 Å². The second-order valence-electron chi connectivity index (χ2n) is 10.5. The van der Waals surface area contributed by atoms with E-state index in [2.05, 4.69) is 16.0 Å². The molecule has 1 aliphatic rings. The topological polar surface area (TPSA) is 188 Å². The van der Waals surface area contributed by atoms with Crippen molar-refractivity contribution in [1.29, 1.82) is 0 Å². The zero-order valence-electron chi connectivity index (χ0n) is 25.4. The third-order valence-electron chi connectivity index (χ3n) is 5.86. The van der Waals surface area contributed by atoms with Crippen LogP contribution < -0.4 is 16.0 Å². The van der Waals surface area contributed by atoms with Gasteiger partial charge in [0.2, 0.25) is 17.7 Å². The Labute approximate surface area is 251 Å². The molecular formula is C30H42N4O9. The van der Waals surface area contributed by atoms with Crippen LogP contribution in [0.1, 0.15) is 72.3 Å². The highest BCUT2D eigenvalue weighted by molar-refractivity contribution is 6.12. The third-order valence-corrected chi connectivity index (χ3v) is 5.86. The molecule has 236 valence electrons. The van der Waals surface area contributed by atoms with Gasteiger partial charge in [0, 0.05) is 30.8 Å². The number of ether oxygens (including phenoxy) is 1. The largest absolute Gasteiger partial charge is 0.481 e. The number of benzene rings is 1. The van der Waals surface area contributed by atoms with Gasteiger partial charge >= 0.3 is 11.9 Å². The fraction of sp³-hybridized carbons (Fsp3) is 0.500. The van der Waals surface area contributed by atoms with E-state index in [1.807, 2.05) is 13.8 Å². The summed E-state index contributed by atoms with van der Waals surface area (Å²) in [5, 5.41) is 16.4. The average Bonchev–Trinajstić information content (AvgIpc) is 3.27. The summed E-state index contributed by atoms with van der Waals surface area (Å²) in [6.07, 6.45) is 3.15. The molecule has 5 amide bonds. The van der Waals surface area contributed by atoms with E-state index in [4.69, 9.17) is 9.84 Å². The molecule has 1 aliphatic heterocycles. The molecule has 13 nitrogen and oxygen atoms in total. The number of aliphatic carboxylic acids is 1. The Balaban J connectivity index is 0.00000452. The number of carbonyl (C=O) groups is 7. The van der Waals surface area contributed by atoms with Crippen LogP contribution in [0.3, 0.4) is 0 Å². The van der Waals surface area contributed by atoms with Crippen LogP contribution in [0.25, 0.3) is 0 Å². The average molecular weight is 603 g/mol. The summed E-state index contributed by atoms with van der Waals surface area (Å²) < 4.78 is 5.24. The summed E-state index contributed by atoms with van der Waals surface area (Å²) in [6, 6.07) is 5.17. The predicted octanol–water partition coefficient (Wildman–Crippen LogP) is 2.30. The number of hydrogen-bond acceptors (Lipinski definition) is 8. The molecule has 43 heavy (non-hydrogen) atoms. The first kappa shape index (κ1) is 36.5. The van der Waals surface area contributed by atoms with Crippen molar-refractivity contribution in [2.75, 3.05) is 18.4 Å². The predicted molar refractivity (Wildman–Crippen MR) is 157 cm³/mol. The van der Waals surface area contributed by atoms with Crippen LogP contribution in [0.15, 0.2) is 36.4 Å². The minimum Gasteiger partial charge on any atom is -0.481 e. The summed E-state index contributed by atoms with van der Waals surface area (Å²) in [4.78, 5) is 84.3. The Morgan fingerprint density at radius 2 is 1.51 bits per heavy atom. The number of carboxylic acid groups (broad SMARTS) is 1. The molecule has 0 spiro atoms. The molecule has 13 heteroatoms. The van der Waals surface area contributed by atoms with Crippen molar-refractivity contribution in [1.82, 2.24) is 15.5 Å². The number of imide groups is 1. The molecule has 1 unspecified atom stereocenters. The van der Waals surface area contributed by atoms with Crippen molar-refractivity contribution < 1.29 is 43.4 Å². The van der Waals surface area contributed by atoms with E-state index in [0.29, 0.717) is 24.9 Å². The van der Waals surface area contributed by atoms with Gasteiger partial charge in [-0.15, -0.1) is 0 Å². The third kappa shape index (κ3) is 13.8. The van der Waals surface area contributed by atoms with Crippen molar-refractivity contribution in [2.45, 2.75) is 79.4 Å². The number of esters is 1. The first-order valence-corrected chi connectivity index (χ1v) is 14.1. The van der Waals surface area contributed by atoms with Crippen molar-refractivity contribution in [3.63, 3.8) is 0 Å². The summed E-state index contributed by atoms with van der Waals surface area (Å²) in [5.41, 5.74) is 0.527. The van der Waals surface area contributed by atoms with Gasteiger partial charge in [-0.1, -0.05) is 32.4 Å². The van der Waals surface area contributed by atoms with Crippen LogP contribution in [0.4, 0.5) is 5.69 Å². The maximum Gasteiger partial charge on any atom is 0.311 e. The van der Waals surface area contributed by atoms with E-state index < -0.39 is 48.1 Å². The van der Waals surface area contributed by atoms with Gasteiger partial charge in [-0.2, -0.15) is 0 Å². The summed E-state index contributed by atoms with van der Waals surface area (Å²) in [7, 11) is 0.